The van der Waals surface area contributed by atoms with Crippen LogP contribution in [0.25, 0.3) is 0 Å². The summed E-state index contributed by atoms with van der Waals surface area (Å²) in [5.74, 6) is 0.705. The lowest BCUT2D eigenvalue weighted by Gasteiger charge is -2.32. The van der Waals surface area contributed by atoms with Gasteiger partial charge in [0.2, 0.25) is 0 Å². The van der Waals surface area contributed by atoms with Crippen LogP contribution in [0.5, 0.6) is 0 Å². The van der Waals surface area contributed by atoms with Crippen molar-refractivity contribution in [2.45, 2.75) is 39.7 Å². The summed E-state index contributed by atoms with van der Waals surface area (Å²) in [7, 11) is 0. The Kier molecular flexibility index (Phi) is 5.06. The Morgan fingerprint density at radius 3 is 2.81 bits per heavy atom. The van der Waals surface area contributed by atoms with Gasteiger partial charge in [-0.1, -0.05) is 13.8 Å². The summed E-state index contributed by atoms with van der Waals surface area (Å²) >= 11 is 0. The fraction of sp³-hybridized carbons (Fsp3) is 0.917. The van der Waals surface area contributed by atoms with Crippen molar-refractivity contribution in [1.29, 1.82) is 0 Å². The molecule has 0 aliphatic carbocycles. The molecule has 2 N–H and O–H groups in total. The molecule has 0 radical (unpaired) electrons. The van der Waals surface area contributed by atoms with Crippen molar-refractivity contribution in [3.05, 3.63) is 0 Å². The van der Waals surface area contributed by atoms with E-state index in [0.717, 1.165) is 19.5 Å². The predicted octanol–water partition coefficient (Wildman–Crippen LogP) is 1.44. The summed E-state index contributed by atoms with van der Waals surface area (Å²) in [4.78, 5) is 13.8. The van der Waals surface area contributed by atoms with Crippen LogP contribution in [-0.2, 0) is 0 Å². The second-order valence-corrected chi connectivity index (χ2v) is 5.09. The quantitative estimate of drug-likeness (QED) is 0.768. The number of carbonyl (C=O) groups is 1. The molecule has 0 aromatic carbocycles. The SMILES string of the molecule is CC1CCCN(C(=O)NC(C)C(C)CO)C1. The highest BCUT2D eigenvalue weighted by molar-refractivity contribution is 5.74. The largest absolute Gasteiger partial charge is 0.396 e. The first-order valence-electron chi connectivity index (χ1n) is 6.21. The van der Waals surface area contributed by atoms with E-state index in [-0.39, 0.29) is 24.6 Å². The van der Waals surface area contributed by atoms with Crippen LogP contribution >= 0.6 is 0 Å². The molecule has 1 heterocycles. The minimum atomic E-state index is 0.0133. The minimum absolute atomic E-state index is 0.0133. The Bertz CT molecular complexity index is 233. The Hall–Kier alpha value is -0.770. The Morgan fingerprint density at radius 1 is 1.56 bits per heavy atom. The number of nitrogens with zero attached hydrogens (tertiary/aromatic N) is 1. The normalized spacial score (nSPS) is 25.0. The number of hydrogen-bond acceptors (Lipinski definition) is 2. The van der Waals surface area contributed by atoms with Gasteiger partial charge in [-0.15, -0.1) is 0 Å². The monoisotopic (exact) mass is 228 g/mol. The molecule has 1 fully saturated rings. The highest BCUT2D eigenvalue weighted by Gasteiger charge is 2.23. The molecule has 16 heavy (non-hydrogen) atoms. The van der Waals surface area contributed by atoms with Crippen molar-refractivity contribution >= 4 is 6.03 Å². The molecule has 4 heteroatoms. The molecule has 0 aromatic heterocycles. The zero-order valence-electron chi connectivity index (χ0n) is 10.6. The van der Waals surface area contributed by atoms with E-state index in [1.807, 2.05) is 18.7 Å². The molecule has 3 unspecified atom stereocenters. The molecule has 0 saturated carbocycles. The zero-order chi connectivity index (χ0) is 12.1. The van der Waals surface area contributed by atoms with Gasteiger partial charge < -0.3 is 15.3 Å². The molecule has 94 valence electrons. The Morgan fingerprint density at radius 2 is 2.25 bits per heavy atom. The summed E-state index contributed by atoms with van der Waals surface area (Å²) in [6.07, 6.45) is 2.31. The van der Waals surface area contributed by atoms with E-state index < -0.39 is 0 Å². The minimum Gasteiger partial charge on any atom is -0.396 e. The lowest BCUT2D eigenvalue weighted by molar-refractivity contribution is 0.157. The van der Waals surface area contributed by atoms with Gasteiger partial charge in [-0.05, 0) is 31.6 Å². The van der Waals surface area contributed by atoms with Gasteiger partial charge in [0.05, 0.1) is 0 Å². The molecule has 3 atom stereocenters. The average Bonchev–Trinajstić information content (AvgIpc) is 2.27. The molecule has 0 aromatic rings. The summed E-state index contributed by atoms with van der Waals surface area (Å²) in [5.41, 5.74) is 0. The van der Waals surface area contributed by atoms with Crippen LogP contribution < -0.4 is 5.32 Å². The van der Waals surface area contributed by atoms with Gasteiger partial charge in [0.25, 0.3) is 0 Å². The summed E-state index contributed by atoms with van der Waals surface area (Å²) in [6, 6.07) is 0.0362. The van der Waals surface area contributed by atoms with Gasteiger partial charge in [0, 0.05) is 25.7 Å². The summed E-state index contributed by atoms with van der Waals surface area (Å²) < 4.78 is 0. The first-order valence-corrected chi connectivity index (χ1v) is 6.21. The van der Waals surface area contributed by atoms with E-state index in [9.17, 15) is 4.79 Å². The third-order valence-corrected chi connectivity index (χ3v) is 3.44. The van der Waals surface area contributed by atoms with Gasteiger partial charge in [-0.25, -0.2) is 4.79 Å². The Balaban J connectivity index is 2.39. The van der Waals surface area contributed by atoms with E-state index in [2.05, 4.69) is 12.2 Å². The maximum atomic E-state index is 11.9. The fourth-order valence-corrected chi connectivity index (χ4v) is 1.96. The van der Waals surface area contributed by atoms with Gasteiger partial charge >= 0.3 is 6.03 Å². The van der Waals surface area contributed by atoms with E-state index in [1.165, 1.54) is 6.42 Å². The lowest BCUT2D eigenvalue weighted by Crippen LogP contribution is -2.49. The molecule has 1 aliphatic heterocycles. The van der Waals surface area contributed by atoms with Gasteiger partial charge in [0.15, 0.2) is 0 Å². The third kappa shape index (κ3) is 3.67. The third-order valence-electron chi connectivity index (χ3n) is 3.44. The number of nitrogens with one attached hydrogen (secondary N) is 1. The number of urea groups is 1. The standard InChI is InChI=1S/C12H24N2O2/c1-9-5-4-6-14(7-9)12(16)13-11(3)10(2)8-15/h9-11,15H,4-8H2,1-3H3,(H,13,16). The molecule has 1 aliphatic rings. The maximum absolute atomic E-state index is 11.9. The Labute approximate surface area is 98.0 Å². The molecular formula is C12H24N2O2. The van der Waals surface area contributed by atoms with Crippen molar-refractivity contribution in [3.8, 4) is 0 Å². The van der Waals surface area contributed by atoms with Gasteiger partial charge in [-0.3, -0.25) is 0 Å². The number of carbonyl (C=O) groups excluding carboxylic acids is 1. The van der Waals surface area contributed by atoms with Crippen LogP contribution in [0.3, 0.4) is 0 Å². The highest BCUT2D eigenvalue weighted by atomic mass is 16.3. The summed E-state index contributed by atoms with van der Waals surface area (Å²) in [6.45, 7) is 7.87. The molecule has 4 nitrogen and oxygen atoms in total. The molecule has 0 bridgehead atoms. The number of aliphatic hydroxyl groups excluding tert-OH is 1. The number of likely N-dealkylation sites (tertiary alicyclic amines) is 1. The lowest BCUT2D eigenvalue weighted by atomic mass is 10.0. The number of aliphatic hydroxyl groups is 1. The van der Waals surface area contributed by atoms with Crippen molar-refractivity contribution in [3.63, 3.8) is 0 Å². The highest BCUT2D eigenvalue weighted by Crippen LogP contribution is 2.15. The summed E-state index contributed by atoms with van der Waals surface area (Å²) in [5, 5.41) is 12.0. The maximum Gasteiger partial charge on any atom is 0.317 e. The van der Waals surface area contributed by atoms with Crippen LogP contribution in [0.1, 0.15) is 33.6 Å². The van der Waals surface area contributed by atoms with Gasteiger partial charge in [-0.2, -0.15) is 0 Å². The zero-order valence-corrected chi connectivity index (χ0v) is 10.6. The first-order chi connectivity index (χ1) is 7.54. The van der Waals surface area contributed by atoms with Crippen LogP contribution in [0.15, 0.2) is 0 Å². The van der Waals surface area contributed by atoms with Crippen LogP contribution in [0, 0.1) is 11.8 Å². The first kappa shape index (κ1) is 13.3. The smallest absolute Gasteiger partial charge is 0.317 e. The van der Waals surface area contributed by atoms with Crippen molar-refractivity contribution in [1.82, 2.24) is 10.2 Å². The van der Waals surface area contributed by atoms with Gasteiger partial charge in [0.1, 0.15) is 0 Å². The van der Waals surface area contributed by atoms with E-state index >= 15 is 0 Å². The number of hydrogen-bond donors (Lipinski definition) is 2. The molecule has 0 spiro atoms. The number of piperidine rings is 1. The second kappa shape index (κ2) is 6.09. The molecule has 2 amide bonds. The molecular weight excluding hydrogens is 204 g/mol. The van der Waals surface area contributed by atoms with Crippen LogP contribution in [0.2, 0.25) is 0 Å². The van der Waals surface area contributed by atoms with Crippen LogP contribution in [-0.4, -0.2) is 41.8 Å². The van der Waals surface area contributed by atoms with E-state index in [4.69, 9.17) is 5.11 Å². The van der Waals surface area contributed by atoms with E-state index in [1.54, 1.807) is 0 Å². The van der Waals surface area contributed by atoms with E-state index in [0.29, 0.717) is 5.92 Å². The molecule has 1 rings (SSSR count). The topological polar surface area (TPSA) is 52.6 Å². The van der Waals surface area contributed by atoms with Crippen molar-refractivity contribution in [2.75, 3.05) is 19.7 Å². The fourth-order valence-electron chi connectivity index (χ4n) is 1.96. The number of rotatable bonds is 3. The second-order valence-electron chi connectivity index (χ2n) is 5.09. The predicted molar refractivity (Wildman–Crippen MR) is 64.2 cm³/mol. The van der Waals surface area contributed by atoms with Crippen molar-refractivity contribution in [2.24, 2.45) is 11.8 Å². The van der Waals surface area contributed by atoms with Crippen LogP contribution in [0.4, 0.5) is 4.79 Å². The molecule has 1 saturated heterocycles. The number of amides is 2. The average molecular weight is 228 g/mol. The van der Waals surface area contributed by atoms with Crippen molar-refractivity contribution < 1.29 is 9.90 Å².